The first-order valence-corrected chi connectivity index (χ1v) is 24.2. The fraction of sp³-hybridized carbons (Fsp3) is 0.360. The molecule has 0 saturated carbocycles. The summed E-state index contributed by atoms with van der Waals surface area (Å²) in [7, 11) is 22.3. The molecule has 6 heterocycles. The molecule has 0 radical (unpaired) electrons. The largest absolute Gasteiger partial charge is 1.00 e. The Hall–Kier alpha value is -2.86. The lowest BCUT2D eigenvalue weighted by molar-refractivity contribution is -0.896. The molecule has 0 aliphatic carbocycles. The maximum Gasteiger partial charge on any atom is 0.604 e. The topological polar surface area (TPSA) is 102 Å². The first-order chi connectivity index (χ1) is 30.6. The highest BCUT2D eigenvalue weighted by molar-refractivity contribution is 6.66. The summed E-state index contributed by atoms with van der Waals surface area (Å²) in [5.41, 5.74) is 4.92. The molecule has 0 spiro atoms. The number of fused-ring (bicyclic) bond motifs is 14. The van der Waals surface area contributed by atoms with Crippen molar-refractivity contribution >= 4 is 65.4 Å². The lowest BCUT2D eigenvalue weighted by atomic mass is 10.1. The number of rotatable bonds is 12. The number of aromatic nitrogens is 2. The molecule has 0 unspecified atom stereocenters. The zero-order valence-electron chi connectivity index (χ0n) is 41.4. The van der Waals surface area contributed by atoms with Crippen molar-refractivity contribution in [1.82, 2.24) is 8.47 Å². The number of halogens is 4. The summed E-state index contributed by atoms with van der Waals surface area (Å²) >= 11 is 0. The van der Waals surface area contributed by atoms with Gasteiger partial charge in [-0.2, -0.15) is 0 Å². The van der Waals surface area contributed by atoms with Gasteiger partial charge in [-0.1, -0.05) is 97.1 Å². The summed E-state index contributed by atoms with van der Waals surface area (Å²) < 4.78 is 23.9. The van der Waals surface area contributed by atoms with Crippen LogP contribution in [0.5, 0.6) is 0 Å². The van der Waals surface area contributed by atoms with Crippen molar-refractivity contribution in [2.75, 3.05) is 111 Å². The van der Waals surface area contributed by atoms with Gasteiger partial charge in [0, 0.05) is 43.8 Å². The fourth-order valence-corrected chi connectivity index (χ4v) is 13.4. The van der Waals surface area contributed by atoms with E-state index in [2.05, 4.69) is 166 Å². The summed E-state index contributed by atoms with van der Waals surface area (Å²) in [6.07, 6.45) is -0.673. The standard InChI is InChI=1S/C50H62N12O2Si.4HI/c1-59(2,3)29-33(30-60(4,5)6)63-65(64-34(31-61(7,8)9)32-62(10,11)12)57-47-39-25-17-18-26-40(39)49(57)55-45-37-23-15-16-24-38(37)46(52-45)56-50-42-28-20-19-27-41(42)48(58(50)65)54-44-36-22-14-13-21-35(36)43(51-44)53-47;;;;/h13-28,33-34H,29-32H2,1-12H3;4*1H/q+4;;;;/p-4. The van der Waals surface area contributed by atoms with Gasteiger partial charge in [0.15, 0.2) is 23.3 Å². The number of quaternary nitrogens is 4. The molecule has 10 rings (SSSR count). The number of benzene rings is 4. The summed E-state index contributed by atoms with van der Waals surface area (Å²) in [6, 6.07) is 33.3. The van der Waals surface area contributed by atoms with Crippen LogP contribution in [0.25, 0.3) is 21.5 Å². The molecule has 0 fully saturated rings. The third-order valence-electron chi connectivity index (χ3n) is 12.0. The normalized spacial score (nSPS) is 15.5. The Kier molecular flexibility index (Phi) is 16.2. The minimum Gasteiger partial charge on any atom is -1.00 e. The van der Waals surface area contributed by atoms with Crippen LogP contribution in [-0.2, 0) is 8.85 Å². The SMILES string of the molecule is C[N+](C)(C)CC(C[N+](C)(C)C)O[Si]1(OC(C[N+](C)(C)C)C[N+](C)(C)C)n2c3c4ccccc4c2N=C2N=C(N=c4c5ccccc5c(n41)=NC1=NC(=N3)c3ccccc31)c1ccccc12.[I-].[I-].[I-].[I-]. The predicted octanol–water partition coefficient (Wildman–Crippen LogP) is -7.02. The van der Waals surface area contributed by atoms with Gasteiger partial charge in [0.2, 0.25) is 0 Å². The zero-order valence-corrected chi connectivity index (χ0v) is 51.0. The molecule has 0 amide bonds. The predicted molar refractivity (Wildman–Crippen MR) is 262 cm³/mol. The van der Waals surface area contributed by atoms with E-state index in [1.807, 2.05) is 24.3 Å². The van der Waals surface area contributed by atoms with Gasteiger partial charge < -0.3 is 123 Å². The monoisotopic (exact) mass is 1400 g/mol. The van der Waals surface area contributed by atoms with Crippen LogP contribution in [0.3, 0.4) is 0 Å². The van der Waals surface area contributed by atoms with Gasteiger partial charge in [0.05, 0.1) is 84.6 Å². The molecule has 366 valence electrons. The summed E-state index contributed by atoms with van der Waals surface area (Å²) in [5, 5.41) is 3.60. The van der Waals surface area contributed by atoms with Gasteiger partial charge >= 0.3 is 8.88 Å². The summed E-state index contributed by atoms with van der Waals surface area (Å²) in [6.45, 7) is 2.75. The maximum absolute atomic E-state index is 8.38. The van der Waals surface area contributed by atoms with Crippen molar-refractivity contribution < 1.29 is 123 Å². The van der Waals surface area contributed by atoms with Gasteiger partial charge in [-0.05, 0) is 0 Å². The van der Waals surface area contributed by atoms with Crippen LogP contribution >= 0.6 is 0 Å². The average molecular weight is 1400 g/mol. The van der Waals surface area contributed by atoms with Gasteiger partial charge in [-0.25, -0.2) is 30.0 Å². The Labute approximate surface area is 475 Å². The van der Waals surface area contributed by atoms with Crippen LogP contribution in [0.1, 0.15) is 22.3 Å². The van der Waals surface area contributed by atoms with Crippen LogP contribution < -0.4 is 107 Å². The van der Waals surface area contributed by atoms with E-state index in [4.69, 9.17) is 38.8 Å². The number of likely N-dealkylation sites (N-methyl/N-ethyl adjacent to an activating group) is 4. The molecule has 2 aromatic heterocycles. The highest BCUT2D eigenvalue weighted by atomic mass is 127. The van der Waals surface area contributed by atoms with Crippen LogP contribution in [-0.4, -0.2) is 182 Å². The van der Waals surface area contributed by atoms with Crippen LogP contribution in [0, 0.1) is 0 Å². The molecule has 0 N–H and O–H groups in total. The van der Waals surface area contributed by atoms with Gasteiger partial charge in [-0.3, -0.25) is 8.47 Å². The smallest absolute Gasteiger partial charge is 0.604 e. The minimum absolute atomic E-state index is 0. The Morgan fingerprint density at radius 3 is 0.957 bits per heavy atom. The number of aliphatic imine (C=N–C) groups is 4. The molecule has 0 saturated heterocycles. The van der Waals surface area contributed by atoms with E-state index in [9.17, 15) is 0 Å². The second kappa shape index (κ2) is 20.2. The molecule has 19 heteroatoms. The summed E-state index contributed by atoms with van der Waals surface area (Å²) in [5.74, 6) is 3.59. The Balaban J connectivity index is 0.00000196. The molecule has 4 aliphatic heterocycles. The zero-order chi connectivity index (χ0) is 45.8. The van der Waals surface area contributed by atoms with E-state index in [0.717, 1.165) is 43.8 Å². The average Bonchev–Trinajstić information content (AvgIpc) is 3.91. The van der Waals surface area contributed by atoms with Crippen molar-refractivity contribution in [2.45, 2.75) is 12.2 Å². The fourth-order valence-electron chi connectivity index (χ4n) is 9.82. The first-order valence-electron chi connectivity index (χ1n) is 22.5. The molecule has 0 atom stereocenters. The highest BCUT2D eigenvalue weighted by Crippen LogP contribution is 2.44. The van der Waals surface area contributed by atoms with E-state index in [1.54, 1.807) is 0 Å². The molecule has 14 nitrogen and oxygen atoms in total. The van der Waals surface area contributed by atoms with Gasteiger partial charge in [-0.15, -0.1) is 0 Å². The molecule has 6 bridgehead atoms. The van der Waals surface area contributed by atoms with Crippen molar-refractivity contribution in [3.05, 3.63) is 130 Å². The second-order valence-corrected chi connectivity index (χ2v) is 24.5. The van der Waals surface area contributed by atoms with E-state index in [0.29, 0.717) is 90.1 Å². The number of amidine groups is 4. The van der Waals surface area contributed by atoms with E-state index < -0.39 is 8.88 Å². The third kappa shape index (κ3) is 10.8. The van der Waals surface area contributed by atoms with Crippen LogP contribution in [0.4, 0.5) is 11.6 Å². The van der Waals surface area contributed by atoms with Crippen molar-refractivity contribution in [3.8, 4) is 0 Å². The molecule has 69 heavy (non-hydrogen) atoms. The highest BCUT2D eigenvalue weighted by Gasteiger charge is 2.57. The molecule has 4 aromatic carbocycles. The number of hydrogen-bond donors (Lipinski definition) is 0. The molecular weight excluding hydrogens is 1340 g/mol. The Bertz CT molecular complexity index is 2970. The lowest BCUT2D eigenvalue weighted by Crippen LogP contribution is -3.00. The minimum atomic E-state index is -4.45. The third-order valence-corrected chi connectivity index (χ3v) is 15.2. The van der Waals surface area contributed by atoms with Gasteiger partial charge in [0.1, 0.15) is 61.0 Å². The number of nitrogens with zero attached hydrogens (tertiary/aromatic N) is 12. The molecule has 6 aromatic rings. The van der Waals surface area contributed by atoms with Crippen molar-refractivity contribution in [3.63, 3.8) is 0 Å². The Morgan fingerprint density at radius 2 is 0.652 bits per heavy atom. The van der Waals surface area contributed by atoms with E-state index in [1.165, 1.54) is 0 Å². The van der Waals surface area contributed by atoms with Crippen molar-refractivity contribution in [2.24, 2.45) is 30.0 Å². The first kappa shape index (κ1) is 55.5. The number of hydrogen-bond acceptors (Lipinski definition) is 8. The maximum atomic E-state index is 8.38. The lowest BCUT2D eigenvalue weighted by Gasteiger charge is -2.42. The van der Waals surface area contributed by atoms with E-state index >= 15 is 0 Å². The second-order valence-electron chi connectivity index (χ2n) is 22.0. The quantitative estimate of drug-likeness (QED) is 0.0693. The Morgan fingerprint density at radius 1 is 0.377 bits per heavy atom. The van der Waals surface area contributed by atoms with Crippen LogP contribution in [0.15, 0.2) is 127 Å². The van der Waals surface area contributed by atoms with Crippen LogP contribution in [0.2, 0.25) is 0 Å². The van der Waals surface area contributed by atoms with Gasteiger partial charge in [0.25, 0.3) is 0 Å². The molecule has 4 aliphatic rings. The van der Waals surface area contributed by atoms with Crippen molar-refractivity contribution in [1.29, 1.82) is 0 Å². The summed E-state index contributed by atoms with van der Waals surface area (Å²) in [4.78, 5) is 33.3. The van der Waals surface area contributed by atoms with E-state index in [-0.39, 0.29) is 108 Å². The molecular formula is C50H62I4N12O2Si.